The van der Waals surface area contributed by atoms with Gasteiger partial charge in [-0.15, -0.1) is 0 Å². The van der Waals surface area contributed by atoms with Crippen LogP contribution in [0.25, 0.3) is 0 Å². The van der Waals surface area contributed by atoms with Crippen LogP contribution in [0.1, 0.15) is 22.7 Å². The number of hydrogen-bond donors (Lipinski definition) is 0. The van der Waals surface area contributed by atoms with Crippen molar-refractivity contribution in [1.82, 2.24) is 9.13 Å². The van der Waals surface area contributed by atoms with E-state index in [1.54, 1.807) is 7.05 Å². The molecule has 0 saturated heterocycles. The highest BCUT2D eigenvalue weighted by atomic mass is 16.2. The third-order valence-electron chi connectivity index (χ3n) is 5.60. The molecule has 0 saturated carbocycles. The average molecular weight is 347 g/mol. The Kier molecular flexibility index (Phi) is 3.32. The van der Waals surface area contributed by atoms with Crippen molar-refractivity contribution in [3.05, 3.63) is 61.8 Å². The molecule has 3 heterocycles. The number of hydrogen-bond acceptors (Lipinski definition) is 5. The van der Waals surface area contributed by atoms with Crippen LogP contribution in [-0.4, -0.2) is 15.7 Å². The monoisotopic (exact) mass is 347 g/mol. The summed E-state index contributed by atoms with van der Waals surface area (Å²) in [5.41, 5.74) is 0.144. The van der Waals surface area contributed by atoms with Gasteiger partial charge in [0, 0.05) is 27.1 Å². The van der Waals surface area contributed by atoms with Crippen LogP contribution in [0.2, 0.25) is 0 Å². The van der Waals surface area contributed by atoms with Crippen molar-refractivity contribution in [3.8, 4) is 12.1 Å². The number of rotatable bonds is 0. The number of aromatic nitrogens is 2. The van der Waals surface area contributed by atoms with E-state index in [0.29, 0.717) is 17.9 Å². The molecule has 7 nitrogen and oxygen atoms in total. The van der Waals surface area contributed by atoms with Gasteiger partial charge in [-0.1, -0.05) is 24.3 Å². The fourth-order valence-corrected chi connectivity index (χ4v) is 4.35. The molecule has 0 amide bonds. The molecular weight excluding hydrogens is 330 g/mol. The lowest BCUT2D eigenvalue weighted by molar-refractivity contribution is 0.344. The van der Waals surface area contributed by atoms with Gasteiger partial charge in [0.25, 0.3) is 5.56 Å². The minimum atomic E-state index is -1.38. The SMILES string of the molecule is Cn1c2c(c(=O)n(C)c1=O)CC(C#N)(C#N)C1c3ccccc3CCN21. The highest BCUT2D eigenvalue weighted by Gasteiger charge is 2.52. The normalized spacial score (nSPS) is 19.5. The molecule has 1 atom stereocenters. The zero-order valence-corrected chi connectivity index (χ0v) is 14.6. The van der Waals surface area contributed by atoms with E-state index in [-0.39, 0.29) is 6.42 Å². The third-order valence-corrected chi connectivity index (χ3v) is 5.60. The minimum absolute atomic E-state index is 0.00558. The third kappa shape index (κ3) is 1.86. The summed E-state index contributed by atoms with van der Waals surface area (Å²) in [6.07, 6.45) is 0.730. The van der Waals surface area contributed by atoms with Crippen LogP contribution < -0.4 is 16.1 Å². The van der Waals surface area contributed by atoms with Crippen molar-refractivity contribution in [2.45, 2.75) is 18.9 Å². The predicted octanol–water partition coefficient (Wildman–Crippen LogP) is 0.777. The Labute approximate surface area is 149 Å². The fraction of sp³-hybridized carbons (Fsp3) is 0.368. The van der Waals surface area contributed by atoms with Gasteiger partial charge in [0.1, 0.15) is 5.82 Å². The zero-order valence-electron chi connectivity index (χ0n) is 14.6. The molecule has 2 aliphatic rings. The van der Waals surface area contributed by atoms with E-state index < -0.39 is 22.7 Å². The molecule has 130 valence electrons. The molecule has 1 aromatic heterocycles. The maximum absolute atomic E-state index is 12.7. The maximum Gasteiger partial charge on any atom is 0.332 e. The molecule has 2 aromatic rings. The first-order chi connectivity index (χ1) is 12.4. The highest BCUT2D eigenvalue weighted by molar-refractivity contribution is 5.59. The standard InChI is InChI=1S/C19H17N5O2/c1-22-16-14(17(25)23(2)18(22)26)9-19(10-20,11-21)15-13-6-4-3-5-12(13)7-8-24(15)16/h3-6,15H,7-9H2,1-2H3. The Hall–Kier alpha value is -3.32. The lowest BCUT2D eigenvalue weighted by atomic mass is 9.69. The van der Waals surface area contributed by atoms with Crippen LogP contribution in [0.3, 0.4) is 0 Å². The van der Waals surface area contributed by atoms with Crippen LogP contribution in [0.15, 0.2) is 33.9 Å². The van der Waals surface area contributed by atoms with Crippen molar-refractivity contribution in [3.63, 3.8) is 0 Å². The topological polar surface area (TPSA) is 94.8 Å². The van der Waals surface area contributed by atoms with E-state index in [0.717, 1.165) is 22.1 Å². The zero-order chi connectivity index (χ0) is 18.6. The molecule has 2 aliphatic heterocycles. The van der Waals surface area contributed by atoms with Gasteiger partial charge in [-0.05, 0) is 17.5 Å². The molecule has 0 N–H and O–H groups in total. The van der Waals surface area contributed by atoms with E-state index in [9.17, 15) is 20.1 Å². The summed E-state index contributed by atoms with van der Waals surface area (Å²) in [7, 11) is 3.05. The van der Waals surface area contributed by atoms with Crippen molar-refractivity contribution >= 4 is 5.82 Å². The average Bonchev–Trinajstić information content (AvgIpc) is 2.69. The van der Waals surface area contributed by atoms with E-state index >= 15 is 0 Å². The Morgan fingerprint density at radius 1 is 1.12 bits per heavy atom. The van der Waals surface area contributed by atoms with Gasteiger partial charge < -0.3 is 4.90 Å². The van der Waals surface area contributed by atoms with Gasteiger partial charge in [0.15, 0.2) is 5.41 Å². The number of anilines is 1. The first kappa shape index (κ1) is 16.2. The van der Waals surface area contributed by atoms with Gasteiger partial charge in [0.05, 0.1) is 23.7 Å². The molecule has 0 aliphatic carbocycles. The Balaban J connectivity index is 2.10. The summed E-state index contributed by atoms with van der Waals surface area (Å²) >= 11 is 0. The molecule has 0 fully saturated rings. The summed E-state index contributed by atoms with van der Waals surface area (Å²) in [5, 5.41) is 19.9. The largest absolute Gasteiger partial charge is 0.347 e. The molecule has 7 heteroatoms. The molecule has 0 radical (unpaired) electrons. The summed E-state index contributed by atoms with van der Waals surface area (Å²) < 4.78 is 2.49. The van der Waals surface area contributed by atoms with Gasteiger partial charge >= 0.3 is 5.69 Å². The van der Waals surface area contributed by atoms with Crippen LogP contribution in [0.4, 0.5) is 5.82 Å². The first-order valence-corrected chi connectivity index (χ1v) is 8.41. The summed E-state index contributed by atoms with van der Waals surface area (Å²) in [4.78, 5) is 27.1. The van der Waals surface area contributed by atoms with E-state index in [4.69, 9.17) is 0 Å². The Bertz CT molecular complexity index is 1110. The van der Waals surface area contributed by atoms with Crippen molar-refractivity contribution < 1.29 is 0 Å². The van der Waals surface area contributed by atoms with Gasteiger partial charge in [-0.3, -0.25) is 13.9 Å². The molecule has 4 rings (SSSR count). The van der Waals surface area contributed by atoms with Crippen LogP contribution in [-0.2, 0) is 26.9 Å². The first-order valence-electron chi connectivity index (χ1n) is 8.41. The van der Waals surface area contributed by atoms with E-state index in [1.807, 2.05) is 29.2 Å². The molecule has 26 heavy (non-hydrogen) atoms. The van der Waals surface area contributed by atoms with Gasteiger partial charge in [-0.25, -0.2) is 4.79 Å². The quantitative estimate of drug-likeness (QED) is 0.702. The highest BCUT2D eigenvalue weighted by Crippen LogP contribution is 2.50. The van der Waals surface area contributed by atoms with Gasteiger partial charge in [-0.2, -0.15) is 10.5 Å². The van der Waals surface area contributed by atoms with Crippen molar-refractivity contribution in [2.24, 2.45) is 19.5 Å². The molecular formula is C19H17N5O2. The molecule has 1 aromatic carbocycles. The number of fused-ring (bicyclic) bond motifs is 5. The summed E-state index contributed by atoms with van der Waals surface area (Å²) in [6.45, 7) is 0.542. The maximum atomic E-state index is 12.7. The fourth-order valence-electron chi connectivity index (χ4n) is 4.35. The Morgan fingerprint density at radius 3 is 2.50 bits per heavy atom. The summed E-state index contributed by atoms with van der Waals surface area (Å²) in [6, 6.07) is 11.6. The van der Waals surface area contributed by atoms with E-state index in [2.05, 4.69) is 12.1 Å². The smallest absolute Gasteiger partial charge is 0.332 e. The lowest BCUT2D eigenvalue weighted by Gasteiger charge is -2.48. The van der Waals surface area contributed by atoms with Gasteiger partial charge in [0.2, 0.25) is 0 Å². The van der Waals surface area contributed by atoms with Crippen molar-refractivity contribution in [2.75, 3.05) is 11.4 Å². The number of nitrogens with zero attached hydrogens (tertiary/aromatic N) is 5. The van der Waals surface area contributed by atoms with Crippen LogP contribution in [0, 0.1) is 28.1 Å². The van der Waals surface area contributed by atoms with Crippen molar-refractivity contribution in [1.29, 1.82) is 10.5 Å². The second-order valence-electron chi connectivity index (χ2n) is 6.92. The van der Waals surface area contributed by atoms with E-state index in [1.165, 1.54) is 11.6 Å². The second kappa shape index (κ2) is 5.34. The Morgan fingerprint density at radius 2 is 1.81 bits per heavy atom. The molecule has 1 unspecified atom stereocenters. The summed E-state index contributed by atoms with van der Waals surface area (Å²) in [5.74, 6) is 0.527. The number of nitriles is 2. The second-order valence-corrected chi connectivity index (χ2v) is 6.92. The lowest BCUT2D eigenvalue weighted by Crippen LogP contribution is -2.54. The molecule has 0 spiro atoms. The number of benzene rings is 1. The minimum Gasteiger partial charge on any atom is -0.347 e. The molecule has 0 bridgehead atoms. The van der Waals surface area contributed by atoms with Crippen LogP contribution >= 0.6 is 0 Å². The van der Waals surface area contributed by atoms with Crippen LogP contribution in [0.5, 0.6) is 0 Å². The predicted molar refractivity (Wildman–Crippen MR) is 94.5 cm³/mol.